The minimum atomic E-state index is -4.41. The monoisotopic (exact) mass is 479 g/mol. The van der Waals surface area contributed by atoms with Gasteiger partial charge in [0.05, 0.1) is 28.7 Å². The fraction of sp³-hybridized carbons (Fsp3) is 0.269. The van der Waals surface area contributed by atoms with E-state index in [4.69, 9.17) is 0 Å². The summed E-state index contributed by atoms with van der Waals surface area (Å²) in [5.41, 5.74) is 5.04. The highest BCUT2D eigenvalue weighted by Crippen LogP contribution is 2.30. The Morgan fingerprint density at radius 3 is 2.51 bits per heavy atom. The highest BCUT2D eigenvalue weighted by molar-refractivity contribution is 5.56. The van der Waals surface area contributed by atoms with Crippen LogP contribution in [0, 0.1) is 13.8 Å². The zero-order chi connectivity index (χ0) is 24.7. The maximum absolute atomic E-state index is 12.9. The molecule has 6 nitrogen and oxygen atoms in total. The van der Waals surface area contributed by atoms with Gasteiger partial charge in [-0.05, 0) is 37.6 Å². The number of alkyl halides is 3. The van der Waals surface area contributed by atoms with Crippen molar-refractivity contribution < 1.29 is 13.2 Å². The van der Waals surface area contributed by atoms with Crippen LogP contribution < -0.4 is 5.56 Å². The molecule has 9 heteroatoms. The Kier molecular flexibility index (Phi) is 5.80. The summed E-state index contributed by atoms with van der Waals surface area (Å²) in [6, 6.07) is 12.7. The molecule has 180 valence electrons. The molecule has 1 aliphatic rings. The molecule has 0 radical (unpaired) electrons. The SMILES string of the molecule is Cc1ccccc1-n1ncc(CN2CCc3nc(-c4ccc(C(F)(F)F)cc4)[nH]c(=O)c3C2)c1C. The molecule has 2 aromatic carbocycles. The van der Waals surface area contributed by atoms with E-state index in [9.17, 15) is 18.0 Å². The first kappa shape index (κ1) is 23.0. The first-order chi connectivity index (χ1) is 16.7. The van der Waals surface area contributed by atoms with Crippen molar-refractivity contribution in [1.82, 2.24) is 24.6 Å². The Hall–Kier alpha value is -3.72. The fourth-order valence-corrected chi connectivity index (χ4v) is 4.45. The van der Waals surface area contributed by atoms with Gasteiger partial charge in [0, 0.05) is 42.9 Å². The van der Waals surface area contributed by atoms with Gasteiger partial charge in [-0.1, -0.05) is 30.3 Å². The zero-order valence-corrected chi connectivity index (χ0v) is 19.4. The number of para-hydroxylation sites is 1. The Bertz CT molecular complexity index is 1440. The van der Waals surface area contributed by atoms with Crippen molar-refractivity contribution in [2.75, 3.05) is 6.54 Å². The zero-order valence-electron chi connectivity index (χ0n) is 19.4. The van der Waals surface area contributed by atoms with Crippen molar-refractivity contribution in [3.8, 4) is 17.1 Å². The Balaban J connectivity index is 1.35. The molecule has 0 bridgehead atoms. The van der Waals surface area contributed by atoms with Gasteiger partial charge in [-0.3, -0.25) is 9.69 Å². The van der Waals surface area contributed by atoms with Gasteiger partial charge in [-0.25, -0.2) is 9.67 Å². The molecule has 2 aromatic heterocycles. The van der Waals surface area contributed by atoms with Crippen LogP contribution in [0.3, 0.4) is 0 Å². The molecule has 4 aromatic rings. The van der Waals surface area contributed by atoms with Gasteiger partial charge in [-0.2, -0.15) is 18.3 Å². The van der Waals surface area contributed by atoms with Crippen molar-refractivity contribution in [1.29, 1.82) is 0 Å². The molecule has 1 aliphatic heterocycles. The first-order valence-corrected chi connectivity index (χ1v) is 11.3. The van der Waals surface area contributed by atoms with Crippen molar-refractivity contribution in [3.05, 3.63) is 98.7 Å². The van der Waals surface area contributed by atoms with E-state index in [2.05, 4.69) is 33.0 Å². The minimum absolute atomic E-state index is 0.262. The predicted octanol–water partition coefficient (Wildman–Crippen LogP) is 4.82. The highest BCUT2D eigenvalue weighted by Gasteiger charge is 2.30. The van der Waals surface area contributed by atoms with E-state index in [0.29, 0.717) is 42.9 Å². The van der Waals surface area contributed by atoms with Gasteiger partial charge < -0.3 is 4.98 Å². The number of nitrogens with zero attached hydrogens (tertiary/aromatic N) is 4. The third kappa shape index (κ3) is 4.51. The van der Waals surface area contributed by atoms with Crippen LogP contribution in [0.15, 0.2) is 59.5 Å². The van der Waals surface area contributed by atoms with Gasteiger partial charge in [-0.15, -0.1) is 0 Å². The minimum Gasteiger partial charge on any atom is -0.306 e. The Labute approximate surface area is 200 Å². The number of hydrogen-bond acceptors (Lipinski definition) is 4. The number of rotatable bonds is 4. The molecule has 0 unspecified atom stereocenters. The lowest BCUT2D eigenvalue weighted by Crippen LogP contribution is -2.35. The smallest absolute Gasteiger partial charge is 0.306 e. The molecule has 3 heterocycles. The summed E-state index contributed by atoms with van der Waals surface area (Å²) in [6.45, 7) is 5.90. The normalized spacial score (nSPS) is 14.2. The molecule has 0 spiro atoms. The quantitative estimate of drug-likeness (QED) is 0.456. The summed E-state index contributed by atoms with van der Waals surface area (Å²) < 4.78 is 40.5. The number of H-pyrrole nitrogens is 1. The number of halogens is 3. The van der Waals surface area contributed by atoms with E-state index >= 15 is 0 Å². The molecule has 5 rings (SSSR count). The highest BCUT2D eigenvalue weighted by atomic mass is 19.4. The summed E-state index contributed by atoms with van der Waals surface area (Å²) >= 11 is 0. The van der Waals surface area contributed by atoms with Crippen molar-refractivity contribution in [2.24, 2.45) is 0 Å². The summed E-state index contributed by atoms with van der Waals surface area (Å²) in [5, 5.41) is 4.58. The second-order valence-corrected chi connectivity index (χ2v) is 8.83. The number of hydrogen-bond donors (Lipinski definition) is 1. The molecular weight excluding hydrogens is 455 g/mol. The Morgan fingerprint density at radius 2 is 1.80 bits per heavy atom. The van der Waals surface area contributed by atoms with Crippen molar-refractivity contribution in [3.63, 3.8) is 0 Å². The van der Waals surface area contributed by atoms with Crippen LogP contribution in [-0.4, -0.2) is 31.2 Å². The molecule has 35 heavy (non-hydrogen) atoms. The summed E-state index contributed by atoms with van der Waals surface area (Å²) in [6.07, 6.45) is -1.96. The van der Waals surface area contributed by atoms with Crippen LogP contribution in [0.2, 0.25) is 0 Å². The maximum atomic E-state index is 12.9. The molecule has 0 saturated heterocycles. The number of benzene rings is 2. The average molecular weight is 480 g/mol. The number of aromatic nitrogens is 4. The summed E-state index contributed by atoms with van der Waals surface area (Å²) in [5.74, 6) is 0.284. The number of aromatic amines is 1. The van der Waals surface area contributed by atoms with Gasteiger partial charge >= 0.3 is 6.18 Å². The predicted molar refractivity (Wildman–Crippen MR) is 126 cm³/mol. The van der Waals surface area contributed by atoms with Gasteiger partial charge in [0.2, 0.25) is 0 Å². The molecule has 0 fully saturated rings. The standard InChI is InChI=1S/C26H24F3N5O/c1-16-5-3-4-6-23(16)34-17(2)19(13-30-34)14-33-12-11-22-21(15-33)25(35)32-24(31-22)18-7-9-20(10-8-18)26(27,28)29/h3-10,13H,11-12,14-15H2,1-2H3,(H,31,32,35). The molecular formula is C26H24F3N5O. The van der Waals surface area contributed by atoms with E-state index in [1.807, 2.05) is 36.0 Å². The lowest BCUT2D eigenvalue weighted by molar-refractivity contribution is -0.137. The van der Waals surface area contributed by atoms with Crippen LogP contribution >= 0.6 is 0 Å². The Morgan fingerprint density at radius 1 is 1.06 bits per heavy atom. The van der Waals surface area contributed by atoms with E-state index < -0.39 is 11.7 Å². The maximum Gasteiger partial charge on any atom is 0.416 e. The fourth-order valence-electron chi connectivity index (χ4n) is 4.45. The van der Waals surface area contributed by atoms with Crippen LogP contribution in [0.5, 0.6) is 0 Å². The van der Waals surface area contributed by atoms with E-state index in [1.54, 1.807) is 0 Å². The van der Waals surface area contributed by atoms with E-state index in [1.165, 1.54) is 12.1 Å². The number of aryl methyl sites for hydroxylation is 1. The lowest BCUT2D eigenvalue weighted by atomic mass is 10.0. The second kappa shape index (κ2) is 8.81. The second-order valence-electron chi connectivity index (χ2n) is 8.83. The molecule has 0 saturated carbocycles. The molecule has 0 amide bonds. The lowest BCUT2D eigenvalue weighted by Gasteiger charge is -2.27. The van der Waals surface area contributed by atoms with Crippen LogP contribution in [-0.2, 0) is 25.7 Å². The molecule has 0 atom stereocenters. The topological polar surface area (TPSA) is 66.8 Å². The first-order valence-electron chi connectivity index (χ1n) is 11.3. The number of nitrogens with one attached hydrogen (secondary N) is 1. The van der Waals surface area contributed by atoms with E-state index in [0.717, 1.165) is 34.6 Å². The van der Waals surface area contributed by atoms with Gasteiger partial charge in [0.15, 0.2) is 0 Å². The number of fused-ring (bicyclic) bond motifs is 1. The van der Waals surface area contributed by atoms with Crippen LogP contribution in [0.4, 0.5) is 13.2 Å². The summed E-state index contributed by atoms with van der Waals surface area (Å²) in [7, 11) is 0. The van der Waals surface area contributed by atoms with Crippen LogP contribution in [0.25, 0.3) is 17.1 Å². The van der Waals surface area contributed by atoms with Crippen LogP contribution in [0.1, 0.15) is 33.6 Å². The molecule has 0 aliphatic carbocycles. The van der Waals surface area contributed by atoms with Gasteiger partial charge in [0.25, 0.3) is 5.56 Å². The average Bonchev–Trinajstić information content (AvgIpc) is 3.19. The van der Waals surface area contributed by atoms with Gasteiger partial charge in [0.1, 0.15) is 5.82 Å². The van der Waals surface area contributed by atoms with Crippen molar-refractivity contribution >= 4 is 0 Å². The molecule has 1 N–H and O–H groups in total. The third-order valence-electron chi connectivity index (χ3n) is 6.48. The third-order valence-corrected chi connectivity index (χ3v) is 6.48. The summed E-state index contributed by atoms with van der Waals surface area (Å²) in [4.78, 5) is 22.4. The van der Waals surface area contributed by atoms with Crippen molar-refractivity contribution in [2.45, 2.75) is 39.5 Å². The van der Waals surface area contributed by atoms with E-state index in [-0.39, 0.29) is 11.4 Å². The largest absolute Gasteiger partial charge is 0.416 e.